The average molecular weight is 684 g/mol. The third kappa shape index (κ3) is 11.0. The van der Waals surface area contributed by atoms with E-state index in [4.69, 9.17) is 20.5 Å². The van der Waals surface area contributed by atoms with Crippen molar-refractivity contribution < 1.29 is 28.7 Å². The zero-order chi connectivity index (χ0) is 35.7. The van der Waals surface area contributed by atoms with E-state index in [1.807, 2.05) is 24.3 Å². The van der Waals surface area contributed by atoms with Gasteiger partial charge in [-0.15, -0.1) is 0 Å². The molecular weight excluding hydrogens is 646 g/mol. The summed E-state index contributed by atoms with van der Waals surface area (Å²) in [6.07, 6.45) is 3.40. The number of hydrogen-bond acceptors (Lipinski definition) is 12. The normalized spacial score (nSPS) is 11.0. The number of nitriles is 1. The first-order chi connectivity index (χ1) is 24.3. The smallest absolute Gasteiger partial charge is 0.243 e. The van der Waals surface area contributed by atoms with Crippen molar-refractivity contribution in [2.75, 3.05) is 45.2 Å². The Bertz CT molecular complexity index is 1790. The van der Waals surface area contributed by atoms with Gasteiger partial charge in [-0.05, 0) is 24.1 Å². The molecular formula is C33H37N11O6. The van der Waals surface area contributed by atoms with Crippen molar-refractivity contribution in [2.24, 2.45) is 5.73 Å². The summed E-state index contributed by atoms with van der Waals surface area (Å²) < 4.78 is 11.6. The van der Waals surface area contributed by atoms with Crippen LogP contribution in [-0.2, 0) is 25.6 Å². The molecule has 0 unspecified atom stereocenters. The van der Waals surface area contributed by atoms with E-state index in [0.717, 1.165) is 5.56 Å². The number of carbonyl (C=O) groups excluding carboxylic acids is 4. The van der Waals surface area contributed by atoms with E-state index in [1.54, 1.807) is 43.5 Å². The van der Waals surface area contributed by atoms with Gasteiger partial charge in [0.25, 0.3) is 0 Å². The Morgan fingerprint density at radius 3 is 2.42 bits per heavy atom. The summed E-state index contributed by atoms with van der Waals surface area (Å²) in [5, 5.41) is 29.4. The minimum Gasteiger partial charge on any atom is -0.496 e. The van der Waals surface area contributed by atoms with Gasteiger partial charge in [0, 0.05) is 19.0 Å². The molecule has 4 rings (SSSR count). The molecule has 4 amide bonds. The van der Waals surface area contributed by atoms with Crippen LogP contribution in [0.5, 0.6) is 11.5 Å². The number of anilines is 2. The number of ether oxygens (including phenoxy) is 2. The first-order valence-corrected chi connectivity index (χ1v) is 15.5. The fraction of sp³-hybridized carbons (Fsp3) is 0.273. The second-order valence-electron chi connectivity index (χ2n) is 10.6. The van der Waals surface area contributed by atoms with Gasteiger partial charge in [-0.25, -0.2) is 9.97 Å². The fourth-order valence-corrected chi connectivity index (χ4v) is 4.55. The number of aromatic nitrogens is 4. The molecule has 4 aromatic rings. The lowest BCUT2D eigenvalue weighted by Crippen LogP contribution is -2.52. The molecule has 17 nitrogen and oxygen atoms in total. The number of amides is 4. The van der Waals surface area contributed by atoms with Gasteiger partial charge in [0.2, 0.25) is 23.6 Å². The van der Waals surface area contributed by atoms with Gasteiger partial charge in [0.15, 0.2) is 11.5 Å². The Balaban J connectivity index is 1.26. The Morgan fingerprint density at radius 2 is 1.70 bits per heavy atom. The Labute approximate surface area is 287 Å². The molecule has 50 heavy (non-hydrogen) atoms. The second kappa shape index (κ2) is 18.7. The van der Waals surface area contributed by atoms with E-state index < -0.39 is 29.7 Å². The molecule has 1 atom stereocenters. The van der Waals surface area contributed by atoms with Crippen molar-refractivity contribution in [1.29, 1.82) is 5.26 Å². The Kier molecular flexibility index (Phi) is 13.6. The summed E-state index contributed by atoms with van der Waals surface area (Å²) in [4.78, 5) is 57.4. The van der Waals surface area contributed by atoms with Gasteiger partial charge in [-0.2, -0.15) is 10.4 Å². The summed E-state index contributed by atoms with van der Waals surface area (Å²) in [6, 6.07) is 17.1. The molecule has 260 valence electrons. The van der Waals surface area contributed by atoms with Crippen molar-refractivity contribution >= 4 is 35.3 Å². The predicted molar refractivity (Wildman–Crippen MR) is 181 cm³/mol. The molecule has 2 aromatic heterocycles. The monoisotopic (exact) mass is 683 g/mol. The van der Waals surface area contributed by atoms with Crippen LogP contribution in [0.2, 0.25) is 0 Å². The molecule has 0 saturated heterocycles. The van der Waals surface area contributed by atoms with Crippen molar-refractivity contribution in [3.8, 4) is 28.8 Å². The molecule has 0 aliphatic carbocycles. The molecule has 0 radical (unpaired) electrons. The number of hydrogen-bond donors (Lipinski definition) is 7. The lowest BCUT2D eigenvalue weighted by atomic mass is 10.1. The van der Waals surface area contributed by atoms with Crippen LogP contribution in [0.15, 0.2) is 67.0 Å². The minimum atomic E-state index is -0.982. The lowest BCUT2D eigenvalue weighted by Gasteiger charge is -2.19. The third-order valence-electron chi connectivity index (χ3n) is 6.97. The zero-order valence-corrected chi connectivity index (χ0v) is 27.2. The van der Waals surface area contributed by atoms with Crippen LogP contribution in [0.3, 0.4) is 0 Å². The highest BCUT2D eigenvalue weighted by Crippen LogP contribution is 2.38. The summed E-state index contributed by atoms with van der Waals surface area (Å²) in [5.74, 6) is -0.142. The summed E-state index contributed by atoms with van der Waals surface area (Å²) in [6.45, 7) is -0.408. The van der Waals surface area contributed by atoms with Gasteiger partial charge in [-0.1, -0.05) is 36.4 Å². The molecule has 17 heteroatoms. The molecule has 0 spiro atoms. The largest absolute Gasteiger partial charge is 0.496 e. The number of nitrogens with one attached hydrogen (secondary N) is 6. The number of nitrogens with zero attached hydrogens (tertiary/aromatic N) is 4. The highest BCUT2D eigenvalue weighted by molar-refractivity contribution is 5.92. The van der Waals surface area contributed by atoms with E-state index in [1.165, 1.54) is 12.4 Å². The van der Waals surface area contributed by atoms with Crippen molar-refractivity contribution in [2.45, 2.75) is 18.9 Å². The molecule has 0 saturated carbocycles. The van der Waals surface area contributed by atoms with E-state index in [2.05, 4.69) is 46.7 Å². The van der Waals surface area contributed by atoms with Crippen LogP contribution in [0.25, 0.3) is 11.3 Å². The number of carbonyl (C=O) groups is 4. The Morgan fingerprint density at radius 1 is 0.920 bits per heavy atom. The number of benzene rings is 2. The van der Waals surface area contributed by atoms with Crippen LogP contribution < -0.4 is 41.8 Å². The van der Waals surface area contributed by atoms with E-state index >= 15 is 0 Å². The highest BCUT2D eigenvalue weighted by Gasteiger charge is 2.22. The second-order valence-corrected chi connectivity index (χ2v) is 10.6. The summed E-state index contributed by atoms with van der Waals surface area (Å²) in [7, 11) is 1.54. The number of aromatic amines is 1. The maximum absolute atomic E-state index is 13.0. The van der Waals surface area contributed by atoms with Crippen LogP contribution in [0.1, 0.15) is 17.7 Å². The number of methoxy groups -OCH3 is 1. The van der Waals surface area contributed by atoms with E-state index in [-0.39, 0.29) is 44.9 Å². The predicted octanol–water partition coefficient (Wildman–Crippen LogP) is 0.294. The minimum absolute atomic E-state index is 0.177. The first-order valence-electron chi connectivity index (χ1n) is 15.5. The van der Waals surface area contributed by atoms with Crippen LogP contribution in [0, 0.1) is 11.3 Å². The molecule has 0 fully saturated rings. The van der Waals surface area contributed by atoms with Gasteiger partial charge in [0.1, 0.15) is 29.4 Å². The molecule has 8 N–H and O–H groups in total. The van der Waals surface area contributed by atoms with Crippen LogP contribution in [0.4, 0.5) is 11.6 Å². The van der Waals surface area contributed by atoms with Gasteiger partial charge >= 0.3 is 0 Å². The van der Waals surface area contributed by atoms with E-state index in [0.29, 0.717) is 40.8 Å². The quantitative estimate of drug-likeness (QED) is 0.0699. The van der Waals surface area contributed by atoms with E-state index in [9.17, 15) is 19.2 Å². The maximum Gasteiger partial charge on any atom is 0.243 e. The van der Waals surface area contributed by atoms with Crippen molar-refractivity contribution in [1.82, 2.24) is 41.4 Å². The van der Waals surface area contributed by atoms with Gasteiger partial charge in [0.05, 0.1) is 57.0 Å². The molecule has 0 bridgehead atoms. The van der Waals surface area contributed by atoms with Crippen LogP contribution >= 0.6 is 0 Å². The zero-order valence-electron chi connectivity index (χ0n) is 27.2. The standard InChI is InChI=1S/C33H37N11O6/c1-49-25-9-5-10-26(32(25)23-14-27(44-43-23)42-28-18-37-22(15-34)17-38-28)50-12-6-11-36-30(46)19-40-33(48)24(13-21-7-3-2-4-8-21)41-31(47)20-39-29(45)16-35/h2-5,7-10,14,17-18,24H,6,11-13,16,19-20,35H2,1H3,(H,36,46)(H,39,45)(H,40,48)(H,41,47)(H2,38,42,43,44)/t24-/m0/s1. The number of H-pyrrole nitrogens is 1. The molecule has 0 aliphatic rings. The molecule has 2 heterocycles. The number of rotatable bonds is 18. The van der Waals surface area contributed by atoms with Crippen molar-refractivity contribution in [3.05, 3.63) is 78.2 Å². The average Bonchev–Trinajstić information content (AvgIpc) is 3.60. The van der Waals surface area contributed by atoms with Gasteiger partial charge < -0.3 is 41.8 Å². The first kappa shape index (κ1) is 36.3. The lowest BCUT2D eigenvalue weighted by molar-refractivity contribution is -0.130. The summed E-state index contributed by atoms with van der Waals surface area (Å²) >= 11 is 0. The number of nitrogens with two attached hydrogens (primary N) is 1. The molecule has 0 aliphatic heterocycles. The maximum atomic E-state index is 13.0. The Hall–Kier alpha value is -6.54. The topological polar surface area (TPSA) is 251 Å². The van der Waals surface area contributed by atoms with Gasteiger partial charge in [-0.3, -0.25) is 24.3 Å². The van der Waals surface area contributed by atoms with Crippen LogP contribution in [-0.4, -0.2) is 89.7 Å². The molecule has 2 aromatic carbocycles. The highest BCUT2D eigenvalue weighted by atomic mass is 16.5. The third-order valence-corrected chi connectivity index (χ3v) is 6.97. The summed E-state index contributed by atoms with van der Waals surface area (Å²) in [5.41, 5.74) is 7.48. The fourth-order valence-electron chi connectivity index (χ4n) is 4.55. The SMILES string of the molecule is COc1cccc(OCCCNC(=O)CNC(=O)[C@H](Cc2ccccc2)NC(=O)CNC(=O)CN)c1-c1cc(Nc2cnc(C#N)cn2)n[nH]1. The van der Waals surface area contributed by atoms with Crippen molar-refractivity contribution in [3.63, 3.8) is 0 Å².